The number of hydrogen-bond acceptors (Lipinski definition) is 4. The van der Waals surface area contributed by atoms with Crippen molar-refractivity contribution >= 4 is 17.7 Å². The van der Waals surface area contributed by atoms with Crippen LogP contribution in [0.15, 0.2) is 24.5 Å². The minimum absolute atomic E-state index is 0.596. The van der Waals surface area contributed by atoms with Crippen LogP contribution in [0.5, 0.6) is 0 Å². The van der Waals surface area contributed by atoms with Crippen molar-refractivity contribution in [3.63, 3.8) is 0 Å². The fourth-order valence-corrected chi connectivity index (χ4v) is 2.16. The number of carbonyl (C=O) groups is 1. The lowest BCUT2D eigenvalue weighted by Gasteiger charge is -2.27. The molecule has 0 radical (unpaired) electrons. The van der Waals surface area contributed by atoms with E-state index in [0.29, 0.717) is 5.75 Å². The number of nitrogens with two attached hydrogens (primary N) is 1. The SMILES string of the molecule is CC(C)(SCc1cccnc1)C(O)C(N)=O. The Bertz CT molecular complexity index is 354. The normalized spacial score (nSPS) is 13.4. The number of primary amides is 1. The average molecular weight is 240 g/mol. The van der Waals surface area contributed by atoms with E-state index in [2.05, 4.69) is 4.98 Å². The Kier molecular flexibility index (Phi) is 4.32. The van der Waals surface area contributed by atoms with Gasteiger partial charge in [-0.15, -0.1) is 11.8 Å². The van der Waals surface area contributed by atoms with Crippen molar-refractivity contribution in [1.82, 2.24) is 4.98 Å². The summed E-state index contributed by atoms with van der Waals surface area (Å²) >= 11 is 1.48. The summed E-state index contributed by atoms with van der Waals surface area (Å²) < 4.78 is -0.596. The number of pyridine rings is 1. The first-order valence-corrected chi connectivity index (χ1v) is 5.92. The van der Waals surface area contributed by atoms with Crippen molar-refractivity contribution in [3.05, 3.63) is 30.1 Å². The standard InChI is InChI=1S/C11H16N2O2S/c1-11(2,9(14)10(12)15)16-7-8-4-3-5-13-6-8/h3-6,9,14H,7H2,1-2H3,(H2,12,15). The Morgan fingerprint density at radius 2 is 2.38 bits per heavy atom. The van der Waals surface area contributed by atoms with E-state index in [1.54, 1.807) is 26.2 Å². The summed E-state index contributed by atoms with van der Waals surface area (Å²) in [6, 6.07) is 3.81. The molecule has 0 fully saturated rings. The number of rotatable bonds is 5. The second-order valence-electron chi connectivity index (χ2n) is 4.06. The van der Waals surface area contributed by atoms with Crippen molar-refractivity contribution in [1.29, 1.82) is 0 Å². The fraction of sp³-hybridized carbons (Fsp3) is 0.455. The van der Waals surface area contributed by atoms with Crippen LogP contribution in [-0.2, 0) is 10.5 Å². The lowest BCUT2D eigenvalue weighted by Crippen LogP contribution is -2.43. The highest BCUT2D eigenvalue weighted by molar-refractivity contribution is 7.99. The van der Waals surface area contributed by atoms with Crippen LogP contribution >= 0.6 is 11.8 Å². The number of aromatic nitrogens is 1. The second-order valence-corrected chi connectivity index (χ2v) is 5.69. The lowest BCUT2D eigenvalue weighted by atomic mass is 10.1. The van der Waals surface area contributed by atoms with Gasteiger partial charge in [0.25, 0.3) is 0 Å². The quantitative estimate of drug-likeness (QED) is 0.803. The molecule has 3 N–H and O–H groups in total. The van der Waals surface area contributed by atoms with Crippen molar-refractivity contribution in [2.24, 2.45) is 5.73 Å². The maximum Gasteiger partial charge on any atom is 0.247 e. The highest BCUT2D eigenvalue weighted by Gasteiger charge is 2.32. The summed E-state index contributed by atoms with van der Waals surface area (Å²) in [5.41, 5.74) is 6.13. The molecule has 1 amide bonds. The number of aliphatic hydroxyl groups excluding tert-OH is 1. The molecule has 0 aliphatic carbocycles. The van der Waals surface area contributed by atoms with E-state index in [1.807, 2.05) is 12.1 Å². The Morgan fingerprint density at radius 1 is 1.69 bits per heavy atom. The van der Waals surface area contributed by atoms with Gasteiger partial charge in [-0.3, -0.25) is 9.78 Å². The predicted octanol–water partition coefficient (Wildman–Crippen LogP) is 0.940. The van der Waals surface area contributed by atoms with E-state index in [0.717, 1.165) is 5.56 Å². The largest absolute Gasteiger partial charge is 0.382 e. The van der Waals surface area contributed by atoms with Crippen molar-refractivity contribution in [3.8, 4) is 0 Å². The number of hydrogen-bond donors (Lipinski definition) is 2. The van der Waals surface area contributed by atoms with Gasteiger partial charge in [0, 0.05) is 22.9 Å². The summed E-state index contributed by atoms with van der Waals surface area (Å²) in [5.74, 6) is -0.00534. The van der Waals surface area contributed by atoms with Crippen LogP contribution in [0.25, 0.3) is 0 Å². The molecule has 0 spiro atoms. The van der Waals surface area contributed by atoms with E-state index < -0.39 is 16.8 Å². The molecule has 0 aliphatic heterocycles. The molecule has 4 nitrogen and oxygen atoms in total. The van der Waals surface area contributed by atoms with Crippen molar-refractivity contribution in [2.45, 2.75) is 30.5 Å². The third-order valence-corrected chi connectivity index (χ3v) is 3.71. The van der Waals surface area contributed by atoms with Crippen LogP contribution in [0.4, 0.5) is 0 Å². The minimum atomic E-state index is -1.14. The van der Waals surface area contributed by atoms with Crippen LogP contribution in [-0.4, -0.2) is 26.8 Å². The highest BCUT2D eigenvalue weighted by Crippen LogP contribution is 2.30. The molecule has 0 saturated carbocycles. The molecule has 1 unspecified atom stereocenters. The molecule has 0 bridgehead atoms. The molecular weight excluding hydrogens is 224 g/mol. The Labute approximate surface area is 99.3 Å². The van der Waals surface area contributed by atoms with E-state index in [-0.39, 0.29) is 0 Å². The van der Waals surface area contributed by atoms with E-state index in [4.69, 9.17) is 5.73 Å². The molecule has 1 aromatic heterocycles. The van der Waals surface area contributed by atoms with Gasteiger partial charge in [0.1, 0.15) is 6.10 Å². The highest BCUT2D eigenvalue weighted by atomic mass is 32.2. The first-order valence-electron chi connectivity index (χ1n) is 4.94. The lowest BCUT2D eigenvalue weighted by molar-refractivity contribution is -0.127. The number of carbonyl (C=O) groups excluding carboxylic acids is 1. The molecule has 1 heterocycles. The molecule has 0 aromatic carbocycles. The molecule has 88 valence electrons. The average Bonchev–Trinajstić information content (AvgIpc) is 2.27. The second kappa shape index (κ2) is 5.32. The fourth-order valence-electron chi connectivity index (χ4n) is 1.17. The summed E-state index contributed by atoms with van der Waals surface area (Å²) in [4.78, 5) is 14.9. The summed E-state index contributed by atoms with van der Waals surface area (Å²) in [6.07, 6.45) is 2.33. The summed E-state index contributed by atoms with van der Waals surface area (Å²) in [5, 5.41) is 9.62. The molecule has 0 aliphatic rings. The third-order valence-electron chi connectivity index (χ3n) is 2.26. The minimum Gasteiger partial charge on any atom is -0.382 e. The number of aliphatic hydroxyl groups is 1. The Hall–Kier alpha value is -1.07. The van der Waals surface area contributed by atoms with Gasteiger partial charge in [-0.05, 0) is 25.5 Å². The van der Waals surface area contributed by atoms with Gasteiger partial charge in [-0.2, -0.15) is 0 Å². The van der Waals surface area contributed by atoms with Gasteiger partial charge in [0.15, 0.2) is 0 Å². The van der Waals surface area contributed by atoms with Gasteiger partial charge in [-0.25, -0.2) is 0 Å². The molecular formula is C11H16N2O2S. The molecule has 1 rings (SSSR count). The zero-order valence-electron chi connectivity index (χ0n) is 9.38. The number of amides is 1. The van der Waals surface area contributed by atoms with Crippen molar-refractivity contribution in [2.75, 3.05) is 0 Å². The van der Waals surface area contributed by atoms with Crippen LogP contribution in [0.3, 0.4) is 0 Å². The molecule has 16 heavy (non-hydrogen) atoms. The zero-order chi connectivity index (χ0) is 12.2. The van der Waals surface area contributed by atoms with Crippen LogP contribution < -0.4 is 5.73 Å². The van der Waals surface area contributed by atoms with Gasteiger partial charge in [0.2, 0.25) is 5.91 Å². The van der Waals surface area contributed by atoms with Gasteiger partial charge >= 0.3 is 0 Å². The Balaban J connectivity index is 2.57. The van der Waals surface area contributed by atoms with Gasteiger partial charge in [-0.1, -0.05) is 6.07 Å². The zero-order valence-corrected chi connectivity index (χ0v) is 10.2. The maximum absolute atomic E-state index is 10.9. The maximum atomic E-state index is 10.9. The number of thioether (sulfide) groups is 1. The van der Waals surface area contributed by atoms with Crippen molar-refractivity contribution < 1.29 is 9.90 Å². The monoisotopic (exact) mass is 240 g/mol. The van der Waals surface area contributed by atoms with Gasteiger partial charge < -0.3 is 10.8 Å². The predicted molar refractivity (Wildman–Crippen MR) is 64.8 cm³/mol. The molecule has 0 saturated heterocycles. The molecule has 1 aromatic rings. The van der Waals surface area contributed by atoms with E-state index in [9.17, 15) is 9.90 Å². The van der Waals surface area contributed by atoms with Crippen LogP contribution in [0, 0.1) is 0 Å². The van der Waals surface area contributed by atoms with Crippen LogP contribution in [0.1, 0.15) is 19.4 Å². The first kappa shape index (κ1) is 13.0. The first-order chi connectivity index (χ1) is 7.43. The Morgan fingerprint density at radius 3 is 2.88 bits per heavy atom. The third kappa shape index (κ3) is 3.50. The van der Waals surface area contributed by atoms with E-state index in [1.165, 1.54) is 11.8 Å². The molecule has 1 atom stereocenters. The topological polar surface area (TPSA) is 76.2 Å². The van der Waals surface area contributed by atoms with E-state index >= 15 is 0 Å². The smallest absolute Gasteiger partial charge is 0.247 e. The van der Waals surface area contributed by atoms with Crippen LogP contribution in [0.2, 0.25) is 0 Å². The summed E-state index contributed by atoms with van der Waals surface area (Å²) in [7, 11) is 0. The number of nitrogens with zero attached hydrogens (tertiary/aromatic N) is 1. The van der Waals surface area contributed by atoms with Gasteiger partial charge in [0.05, 0.1) is 0 Å². The summed E-state index contributed by atoms with van der Waals surface area (Å²) in [6.45, 7) is 3.59. The molecule has 5 heteroatoms.